The Bertz CT molecular complexity index is 730. The number of benzene rings is 2. The van der Waals surface area contributed by atoms with Gasteiger partial charge in [0.25, 0.3) is 0 Å². The molecular weight excluding hydrogens is 310 g/mol. The number of nitrogens with two attached hydrogens (primary N) is 1. The van der Waals surface area contributed by atoms with Crippen molar-refractivity contribution < 1.29 is 4.79 Å². The van der Waals surface area contributed by atoms with Crippen LogP contribution in [0.25, 0.3) is 0 Å². The van der Waals surface area contributed by atoms with Gasteiger partial charge >= 0.3 is 6.03 Å². The van der Waals surface area contributed by atoms with Crippen molar-refractivity contribution in [3.8, 4) is 0 Å². The second-order valence-corrected chi connectivity index (χ2v) is 6.82. The van der Waals surface area contributed by atoms with Crippen molar-refractivity contribution in [1.82, 2.24) is 0 Å². The maximum atomic E-state index is 11.9. The average Bonchev–Trinajstić information content (AvgIpc) is 2.51. The third kappa shape index (κ3) is 2.86. The zero-order chi connectivity index (χ0) is 16.6. The fourth-order valence-corrected chi connectivity index (χ4v) is 3.38. The van der Waals surface area contributed by atoms with Gasteiger partial charge in [0, 0.05) is 6.54 Å². The fourth-order valence-electron chi connectivity index (χ4n) is 3.10. The van der Waals surface area contributed by atoms with E-state index in [9.17, 15) is 4.79 Å². The van der Waals surface area contributed by atoms with Gasteiger partial charge in [-0.15, -0.1) is 0 Å². The molecule has 0 fully saturated rings. The van der Waals surface area contributed by atoms with Crippen LogP contribution in [0.3, 0.4) is 0 Å². The SMILES string of the molecule is CC1(C)CN(C(N)=O)c2cccc(Cl)c2N1Cc1ccccc1. The second-order valence-electron chi connectivity index (χ2n) is 6.42. The van der Waals surface area contributed by atoms with Crippen LogP contribution in [-0.4, -0.2) is 18.1 Å². The maximum Gasteiger partial charge on any atom is 0.319 e. The highest BCUT2D eigenvalue weighted by molar-refractivity contribution is 6.34. The predicted octanol–water partition coefficient (Wildman–Crippen LogP) is 4.02. The largest absolute Gasteiger partial charge is 0.357 e. The zero-order valence-corrected chi connectivity index (χ0v) is 14.0. The molecule has 0 radical (unpaired) electrons. The highest BCUT2D eigenvalue weighted by Gasteiger charge is 2.39. The van der Waals surface area contributed by atoms with E-state index in [-0.39, 0.29) is 5.54 Å². The Morgan fingerprint density at radius 2 is 1.87 bits per heavy atom. The van der Waals surface area contributed by atoms with E-state index >= 15 is 0 Å². The van der Waals surface area contributed by atoms with Crippen LogP contribution in [0.1, 0.15) is 19.4 Å². The molecule has 0 saturated heterocycles. The van der Waals surface area contributed by atoms with Crippen molar-refractivity contribution >= 4 is 29.0 Å². The van der Waals surface area contributed by atoms with Crippen LogP contribution in [0.15, 0.2) is 48.5 Å². The quantitative estimate of drug-likeness (QED) is 0.904. The van der Waals surface area contributed by atoms with E-state index in [0.717, 1.165) is 17.9 Å². The lowest BCUT2D eigenvalue weighted by Crippen LogP contribution is -2.58. The molecule has 0 aliphatic carbocycles. The number of nitrogens with zero attached hydrogens (tertiary/aromatic N) is 2. The molecule has 0 aromatic heterocycles. The normalized spacial score (nSPS) is 16.1. The number of amides is 2. The summed E-state index contributed by atoms with van der Waals surface area (Å²) >= 11 is 6.48. The van der Waals surface area contributed by atoms with E-state index in [4.69, 9.17) is 17.3 Å². The van der Waals surface area contributed by atoms with Crippen LogP contribution in [0.4, 0.5) is 16.2 Å². The standard InChI is InChI=1S/C18H20ClN3O/c1-18(2)12-21(17(20)23)15-10-6-9-14(19)16(15)22(18)11-13-7-4-3-5-8-13/h3-10H,11-12H2,1-2H3,(H2,20,23). The molecule has 2 N–H and O–H groups in total. The third-order valence-electron chi connectivity index (χ3n) is 4.25. The number of halogens is 1. The van der Waals surface area contributed by atoms with Crippen molar-refractivity contribution in [2.24, 2.45) is 5.73 Å². The lowest BCUT2D eigenvalue weighted by atomic mass is 9.95. The van der Waals surface area contributed by atoms with Crippen molar-refractivity contribution in [2.45, 2.75) is 25.9 Å². The summed E-state index contributed by atoms with van der Waals surface area (Å²) < 4.78 is 0. The summed E-state index contributed by atoms with van der Waals surface area (Å²) in [6, 6.07) is 15.3. The molecule has 5 heteroatoms. The molecule has 0 atom stereocenters. The van der Waals surface area contributed by atoms with Gasteiger partial charge in [-0.3, -0.25) is 4.90 Å². The van der Waals surface area contributed by atoms with Crippen molar-refractivity contribution in [2.75, 3.05) is 16.3 Å². The number of para-hydroxylation sites is 1. The summed E-state index contributed by atoms with van der Waals surface area (Å²) in [5.41, 5.74) is 8.10. The number of carbonyl (C=O) groups is 1. The molecular formula is C18H20ClN3O. The molecule has 2 amide bonds. The summed E-state index contributed by atoms with van der Waals surface area (Å²) in [5, 5.41) is 0.623. The van der Waals surface area contributed by atoms with E-state index in [2.05, 4.69) is 30.9 Å². The van der Waals surface area contributed by atoms with E-state index in [1.807, 2.05) is 36.4 Å². The maximum absolute atomic E-state index is 11.9. The molecule has 0 spiro atoms. The van der Waals surface area contributed by atoms with Crippen molar-refractivity contribution in [3.05, 3.63) is 59.1 Å². The predicted molar refractivity (Wildman–Crippen MR) is 95.1 cm³/mol. The molecule has 0 unspecified atom stereocenters. The van der Waals surface area contributed by atoms with Crippen molar-refractivity contribution in [3.63, 3.8) is 0 Å². The number of hydrogen-bond donors (Lipinski definition) is 1. The average molecular weight is 330 g/mol. The number of urea groups is 1. The van der Waals surface area contributed by atoms with Gasteiger partial charge in [0.15, 0.2) is 0 Å². The van der Waals surface area contributed by atoms with Gasteiger partial charge in [0.2, 0.25) is 0 Å². The lowest BCUT2D eigenvalue weighted by molar-refractivity contribution is 0.251. The van der Waals surface area contributed by atoms with Gasteiger partial charge in [0.05, 0.1) is 28.5 Å². The van der Waals surface area contributed by atoms with E-state index < -0.39 is 6.03 Å². The van der Waals surface area contributed by atoms with Crippen LogP contribution in [-0.2, 0) is 6.54 Å². The first-order valence-corrected chi connectivity index (χ1v) is 7.95. The van der Waals surface area contributed by atoms with Gasteiger partial charge in [0.1, 0.15) is 0 Å². The van der Waals surface area contributed by atoms with Gasteiger partial charge in [-0.2, -0.15) is 0 Å². The highest BCUT2D eigenvalue weighted by atomic mass is 35.5. The van der Waals surface area contributed by atoms with Gasteiger partial charge in [-0.1, -0.05) is 48.0 Å². The monoisotopic (exact) mass is 329 g/mol. The first kappa shape index (κ1) is 15.7. The second kappa shape index (κ2) is 5.78. The van der Waals surface area contributed by atoms with E-state index in [0.29, 0.717) is 11.6 Å². The Morgan fingerprint density at radius 3 is 2.52 bits per heavy atom. The Labute approximate surface area is 141 Å². The number of hydrogen-bond acceptors (Lipinski definition) is 2. The minimum Gasteiger partial charge on any atom is -0.357 e. The number of primary amides is 1. The summed E-state index contributed by atoms with van der Waals surface area (Å²) in [4.78, 5) is 15.7. The molecule has 1 heterocycles. The molecule has 0 saturated carbocycles. The molecule has 2 aromatic rings. The Balaban J connectivity index is 2.11. The first-order valence-electron chi connectivity index (χ1n) is 7.57. The van der Waals surface area contributed by atoms with Crippen molar-refractivity contribution in [1.29, 1.82) is 0 Å². The molecule has 1 aliphatic rings. The number of fused-ring (bicyclic) bond motifs is 1. The number of anilines is 2. The smallest absolute Gasteiger partial charge is 0.319 e. The van der Waals surface area contributed by atoms with Gasteiger partial charge < -0.3 is 10.6 Å². The molecule has 23 heavy (non-hydrogen) atoms. The summed E-state index contributed by atoms with van der Waals surface area (Å²) in [6.07, 6.45) is 0. The van der Waals surface area contributed by atoms with Crippen LogP contribution < -0.4 is 15.5 Å². The number of rotatable bonds is 2. The fraction of sp³-hybridized carbons (Fsp3) is 0.278. The van der Waals surface area contributed by atoms with Crippen LogP contribution in [0, 0.1) is 0 Å². The molecule has 2 aromatic carbocycles. The van der Waals surface area contributed by atoms with E-state index in [1.165, 1.54) is 5.56 Å². The summed E-state index contributed by atoms with van der Waals surface area (Å²) in [7, 11) is 0. The minimum absolute atomic E-state index is 0.289. The molecule has 0 bridgehead atoms. The molecule has 1 aliphatic heterocycles. The Hall–Kier alpha value is -2.20. The third-order valence-corrected chi connectivity index (χ3v) is 4.56. The topological polar surface area (TPSA) is 49.6 Å². The highest BCUT2D eigenvalue weighted by Crippen LogP contribution is 2.44. The van der Waals surface area contributed by atoms with Gasteiger partial charge in [-0.25, -0.2) is 4.79 Å². The minimum atomic E-state index is -0.457. The molecule has 120 valence electrons. The Morgan fingerprint density at radius 1 is 1.17 bits per heavy atom. The zero-order valence-electron chi connectivity index (χ0n) is 13.3. The van der Waals surface area contributed by atoms with Crippen LogP contribution in [0.2, 0.25) is 5.02 Å². The summed E-state index contributed by atoms with van der Waals surface area (Å²) in [5.74, 6) is 0. The molecule has 3 rings (SSSR count). The lowest BCUT2D eigenvalue weighted by Gasteiger charge is -2.49. The van der Waals surface area contributed by atoms with Gasteiger partial charge in [-0.05, 0) is 31.5 Å². The number of carbonyl (C=O) groups excluding carboxylic acids is 1. The Kier molecular flexibility index (Phi) is 3.94. The molecule has 4 nitrogen and oxygen atoms in total. The van der Waals surface area contributed by atoms with Crippen LogP contribution in [0.5, 0.6) is 0 Å². The van der Waals surface area contributed by atoms with Crippen LogP contribution >= 0.6 is 11.6 Å². The summed E-state index contributed by atoms with van der Waals surface area (Å²) in [6.45, 7) is 5.43. The first-order chi connectivity index (χ1) is 10.9. The van der Waals surface area contributed by atoms with E-state index in [1.54, 1.807) is 4.90 Å².